The summed E-state index contributed by atoms with van der Waals surface area (Å²) < 4.78 is 40.5. The number of amides is 1. The maximum Gasteiger partial charge on any atom is 0.497 e. The van der Waals surface area contributed by atoms with Crippen molar-refractivity contribution in [2.75, 3.05) is 7.05 Å². The minimum absolute atomic E-state index is 0.0308. The van der Waals surface area contributed by atoms with Crippen molar-refractivity contribution in [3.8, 4) is 0 Å². The predicted octanol–water partition coefficient (Wildman–Crippen LogP) is 2.50. The molecule has 7 heteroatoms. The van der Waals surface area contributed by atoms with Crippen LogP contribution in [0.15, 0.2) is 12.1 Å². The van der Waals surface area contributed by atoms with Crippen LogP contribution in [-0.2, 0) is 9.31 Å². The number of halogens is 2. The normalized spacial score (nSPS) is 21.9. The number of benzene rings is 1. The lowest BCUT2D eigenvalue weighted by Gasteiger charge is -2.32. The molecule has 1 aliphatic carbocycles. The van der Waals surface area contributed by atoms with Gasteiger partial charge >= 0.3 is 7.12 Å². The van der Waals surface area contributed by atoms with Gasteiger partial charge in [-0.2, -0.15) is 0 Å². The Kier molecular flexibility index (Phi) is 4.00. The molecule has 0 atom stereocenters. The summed E-state index contributed by atoms with van der Waals surface area (Å²) in [7, 11) is 0.606. The van der Waals surface area contributed by atoms with Gasteiger partial charge in [-0.3, -0.25) is 4.79 Å². The Morgan fingerprint density at radius 2 is 1.67 bits per heavy atom. The summed E-state index contributed by atoms with van der Waals surface area (Å²) in [4.78, 5) is 13.8. The van der Waals surface area contributed by atoms with E-state index in [2.05, 4.69) is 0 Å². The van der Waals surface area contributed by atoms with Gasteiger partial charge in [0.25, 0.3) is 5.91 Å². The van der Waals surface area contributed by atoms with Crippen LogP contribution in [0.3, 0.4) is 0 Å². The maximum atomic E-state index is 14.6. The van der Waals surface area contributed by atoms with Crippen molar-refractivity contribution < 1.29 is 22.9 Å². The molecule has 0 radical (unpaired) electrons. The molecular weight excluding hydrogens is 315 g/mol. The molecule has 2 aliphatic rings. The molecule has 3 rings (SSSR count). The lowest BCUT2D eigenvalue weighted by molar-refractivity contribution is 0.00578. The van der Waals surface area contributed by atoms with Crippen molar-refractivity contribution >= 4 is 18.5 Å². The monoisotopic (exact) mass is 337 g/mol. The number of rotatable bonds is 3. The molecule has 0 N–H and O–H groups in total. The number of carbonyl (C=O) groups is 1. The second-order valence-electron chi connectivity index (χ2n) is 7.57. The molecule has 1 heterocycles. The fourth-order valence-corrected chi connectivity index (χ4v) is 2.70. The Labute approximate surface area is 141 Å². The van der Waals surface area contributed by atoms with Gasteiger partial charge in [0.15, 0.2) is 11.6 Å². The third-order valence-electron chi connectivity index (χ3n) is 5.26. The molecule has 0 spiro atoms. The minimum atomic E-state index is -1.15. The number of nitrogens with zero attached hydrogens (tertiary/aromatic N) is 1. The Morgan fingerprint density at radius 1 is 1.12 bits per heavy atom. The number of hydrogen-bond acceptors (Lipinski definition) is 3. The van der Waals surface area contributed by atoms with E-state index >= 15 is 0 Å². The van der Waals surface area contributed by atoms with Gasteiger partial charge in [-0.15, -0.1) is 0 Å². The van der Waals surface area contributed by atoms with Gasteiger partial charge in [0.2, 0.25) is 0 Å². The molecule has 1 aliphatic heterocycles. The highest BCUT2D eigenvalue weighted by molar-refractivity contribution is 6.62. The van der Waals surface area contributed by atoms with Crippen LogP contribution >= 0.6 is 0 Å². The molecule has 0 aromatic heterocycles. The molecule has 1 aromatic rings. The van der Waals surface area contributed by atoms with Gasteiger partial charge in [0.1, 0.15) is 0 Å². The first kappa shape index (κ1) is 17.4. The molecule has 1 aromatic carbocycles. The third-order valence-corrected chi connectivity index (χ3v) is 5.26. The van der Waals surface area contributed by atoms with Crippen LogP contribution in [0.25, 0.3) is 0 Å². The zero-order valence-electron chi connectivity index (χ0n) is 14.7. The van der Waals surface area contributed by atoms with Crippen molar-refractivity contribution in [3.05, 3.63) is 29.3 Å². The van der Waals surface area contributed by atoms with E-state index < -0.39 is 35.9 Å². The second kappa shape index (κ2) is 5.53. The maximum absolute atomic E-state index is 14.6. The van der Waals surface area contributed by atoms with E-state index in [0.717, 1.165) is 12.8 Å². The SMILES string of the molecule is CN(C(=O)c1ccc(B2OC(C)(C)C(C)(C)O2)c(F)c1F)C1CC1. The van der Waals surface area contributed by atoms with Gasteiger partial charge < -0.3 is 14.2 Å². The van der Waals surface area contributed by atoms with Gasteiger partial charge in [0.05, 0.1) is 16.8 Å². The lowest BCUT2D eigenvalue weighted by Crippen LogP contribution is -2.41. The second-order valence-corrected chi connectivity index (χ2v) is 7.57. The van der Waals surface area contributed by atoms with E-state index in [-0.39, 0.29) is 17.1 Å². The highest BCUT2D eigenvalue weighted by Crippen LogP contribution is 2.37. The summed E-state index contributed by atoms with van der Waals surface area (Å²) in [5.74, 6) is -2.75. The van der Waals surface area contributed by atoms with Crippen LogP contribution in [0.2, 0.25) is 0 Å². The van der Waals surface area contributed by atoms with Gasteiger partial charge in [-0.25, -0.2) is 8.78 Å². The third kappa shape index (κ3) is 2.73. The largest absolute Gasteiger partial charge is 0.497 e. The van der Waals surface area contributed by atoms with Gasteiger partial charge in [-0.05, 0) is 46.6 Å². The van der Waals surface area contributed by atoms with Crippen LogP contribution in [0.1, 0.15) is 50.9 Å². The first-order chi connectivity index (χ1) is 11.0. The molecule has 2 fully saturated rings. The Balaban J connectivity index is 1.90. The zero-order valence-corrected chi connectivity index (χ0v) is 14.7. The van der Waals surface area contributed by atoms with Crippen LogP contribution in [0.4, 0.5) is 8.78 Å². The summed E-state index contributed by atoms with van der Waals surface area (Å²) in [6.45, 7) is 7.35. The summed E-state index contributed by atoms with van der Waals surface area (Å²) >= 11 is 0. The van der Waals surface area contributed by atoms with Gasteiger partial charge in [-0.1, -0.05) is 6.07 Å². The summed E-state index contributed by atoms with van der Waals surface area (Å²) in [6, 6.07) is 2.80. The van der Waals surface area contributed by atoms with Crippen molar-refractivity contribution in [2.24, 2.45) is 0 Å². The average Bonchev–Trinajstić information content (AvgIpc) is 3.28. The molecule has 4 nitrogen and oxygen atoms in total. The molecular formula is C17H22BF2NO3. The highest BCUT2D eigenvalue weighted by Gasteiger charge is 2.52. The fourth-order valence-electron chi connectivity index (χ4n) is 2.70. The Morgan fingerprint density at radius 3 is 2.17 bits per heavy atom. The average molecular weight is 337 g/mol. The first-order valence-electron chi connectivity index (χ1n) is 8.16. The predicted molar refractivity (Wildman–Crippen MR) is 87.2 cm³/mol. The summed E-state index contributed by atoms with van der Waals surface area (Å²) in [5, 5.41) is 0. The van der Waals surface area contributed by atoms with Crippen LogP contribution < -0.4 is 5.46 Å². The number of hydrogen-bond donors (Lipinski definition) is 0. The van der Waals surface area contributed by atoms with E-state index in [1.807, 2.05) is 27.7 Å². The molecule has 0 bridgehead atoms. The van der Waals surface area contributed by atoms with E-state index in [1.54, 1.807) is 7.05 Å². The molecule has 130 valence electrons. The Bertz CT molecular complexity index is 673. The fraction of sp³-hybridized carbons (Fsp3) is 0.588. The van der Waals surface area contributed by atoms with E-state index in [1.165, 1.54) is 17.0 Å². The van der Waals surface area contributed by atoms with E-state index in [0.29, 0.717) is 0 Å². The van der Waals surface area contributed by atoms with Crippen molar-refractivity contribution in [3.63, 3.8) is 0 Å². The topological polar surface area (TPSA) is 38.8 Å². The van der Waals surface area contributed by atoms with Crippen LogP contribution in [-0.4, -0.2) is 42.2 Å². The highest BCUT2D eigenvalue weighted by atomic mass is 19.2. The quantitative estimate of drug-likeness (QED) is 0.796. The molecule has 24 heavy (non-hydrogen) atoms. The van der Waals surface area contributed by atoms with E-state index in [9.17, 15) is 13.6 Å². The van der Waals surface area contributed by atoms with Crippen LogP contribution in [0, 0.1) is 11.6 Å². The smallest absolute Gasteiger partial charge is 0.399 e. The van der Waals surface area contributed by atoms with Crippen molar-refractivity contribution in [1.82, 2.24) is 4.90 Å². The lowest BCUT2D eigenvalue weighted by atomic mass is 9.78. The number of carbonyl (C=O) groups excluding carboxylic acids is 1. The van der Waals surface area contributed by atoms with Crippen molar-refractivity contribution in [2.45, 2.75) is 57.8 Å². The molecule has 1 saturated carbocycles. The first-order valence-corrected chi connectivity index (χ1v) is 8.16. The Hall–Kier alpha value is -1.47. The van der Waals surface area contributed by atoms with Crippen LogP contribution in [0.5, 0.6) is 0 Å². The molecule has 1 saturated heterocycles. The van der Waals surface area contributed by atoms with E-state index in [4.69, 9.17) is 9.31 Å². The summed E-state index contributed by atoms with van der Waals surface area (Å²) in [5.41, 5.74) is -1.60. The standard InChI is InChI=1S/C17H22BF2NO3/c1-16(2)17(3,4)24-18(23-16)12-9-8-11(13(19)14(12)20)15(22)21(5)10-6-7-10/h8-10H,6-7H2,1-5H3. The van der Waals surface area contributed by atoms with Crippen molar-refractivity contribution in [1.29, 1.82) is 0 Å². The zero-order chi connectivity index (χ0) is 17.9. The molecule has 1 amide bonds. The van der Waals surface area contributed by atoms with Gasteiger partial charge in [0, 0.05) is 18.6 Å². The molecule has 0 unspecified atom stereocenters. The summed E-state index contributed by atoms with van der Waals surface area (Å²) in [6.07, 6.45) is 1.80. The minimum Gasteiger partial charge on any atom is -0.399 e.